The number of nitrogens with two attached hydrogens (primary N) is 1. The molecule has 0 fully saturated rings. The second-order valence-corrected chi connectivity index (χ2v) is 7.33. The summed E-state index contributed by atoms with van der Waals surface area (Å²) in [6.45, 7) is 4.07. The number of aryl methyl sites for hydroxylation is 2. The van der Waals surface area contributed by atoms with Crippen LogP contribution in [0.2, 0.25) is 0 Å². The highest BCUT2D eigenvalue weighted by Gasteiger charge is 2.14. The van der Waals surface area contributed by atoms with Gasteiger partial charge in [-0.2, -0.15) is 4.98 Å². The van der Waals surface area contributed by atoms with E-state index >= 15 is 0 Å². The van der Waals surface area contributed by atoms with Crippen LogP contribution in [0, 0.1) is 13.8 Å². The van der Waals surface area contributed by atoms with Gasteiger partial charge in [0.05, 0.1) is 5.56 Å². The molecule has 2 heterocycles. The highest BCUT2D eigenvalue weighted by molar-refractivity contribution is 7.17. The summed E-state index contributed by atoms with van der Waals surface area (Å²) in [5.41, 5.74) is 9.33. The molecule has 2 aromatic heterocycles. The van der Waals surface area contributed by atoms with Gasteiger partial charge < -0.3 is 15.8 Å². The first-order chi connectivity index (χ1) is 13.5. The number of nitrogens with one attached hydrogen (secondary N) is 1. The molecule has 0 bridgehead atoms. The van der Waals surface area contributed by atoms with Crippen LogP contribution in [0.1, 0.15) is 21.5 Å². The Hall–Kier alpha value is -3.45. The molecule has 0 aliphatic carbocycles. The summed E-state index contributed by atoms with van der Waals surface area (Å²) in [5, 5.41) is 5.70. The average molecular weight is 390 g/mol. The van der Waals surface area contributed by atoms with E-state index in [0.717, 1.165) is 21.3 Å². The van der Waals surface area contributed by atoms with Gasteiger partial charge in [-0.25, -0.2) is 4.98 Å². The minimum Gasteiger partial charge on any atom is -0.439 e. The quantitative estimate of drug-likeness (QED) is 0.515. The average Bonchev–Trinajstić information content (AvgIpc) is 3.08. The molecule has 7 heteroatoms. The van der Waals surface area contributed by atoms with Crippen LogP contribution >= 0.6 is 11.3 Å². The lowest BCUT2D eigenvalue weighted by Gasteiger charge is -2.08. The summed E-state index contributed by atoms with van der Waals surface area (Å²) < 4.78 is 6.68. The minimum atomic E-state index is -0.133. The van der Waals surface area contributed by atoms with E-state index in [1.165, 1.54) is 23.1 Å². The largest absolute Gasteiger partial charge is 0.439 e. The van der Waals surface area contributed by atoms with Gasteiger partial charge in [-0.1, -0.05) is 6.07 Å². The summed E-state index contributed by atoms with van der Waals surface area (Å²) in [7, 11) is 0. The van der Waals surface area contributed by atoms with Gasteiger partial charge in [0, 0.05) is 33.4 Å². The Morgan fingerprint density at radius 3 is 2.75 bits per heavy atom. The first-order valence-electron chi connectivity index (χ1n) is 8.66. The molecule has 0 unspecified atom stereocenters. The van der Waals surface area contributed by atoms with Crippen molar-refractivity contribution in [2.45, 2.75) is 13.8 Å². The summed E-state index contributed by atoms with van der Waals surface area (Å²) in [5.74, 6) is 1.01. The molecule has 0 spiro atoms. The fraction of sp³-hybridized carbons (Fsp3) is 0.0952. The van der Waals surface area contributed by atoms with Crippen LogP contribution in [0.25, 0.3) is 10.1 Å². The van der Waals surface area contributed by atoms with Crippen LogP contribution in [0.3, 0.4) is 0 Å². The predicted molar refractivity (Wildman–Crippen MR) is 112 cm³/mol. The third-order valence-corrected chi connectivity index (χ3v) is 5.37. The van der Waals surface area contributed by atoms with Crippen molar-refractivity contribution in [1.82, 2.24) is 9.97 Å². The molecule has 2 aromatic carbocycles. The van der Waals surface area contributed by atoms with E-state index in [1.54, 1.807) is 12.1 Å². The van der Waals surface area contributed by atoms with Crippen molar-refractivity contribution >= 4 is 39.0 Å². The monoisotopic (exact) mass is 390 g/mol. The van der Waals surface area contributed by atoms with Crippen LogP contribution in [0.15, 0.2) is 54.0 Å². The lowest BCUT2D eigenvalue weighted by Crippen LogP contribution is -2.11. The summed E-state index contributed by atoms with van der Waals surface area (Å²) in [4.78, 5) is 20.6. The topological polar surface area (TPSA) is 90.1 Å². The van der Waals surface area contributed by atoms with E-state index in [2.05, 4.69) is 15.3 Å². The fourth-order valence-corrected chi connectivity index (χ4v) is 3.77. The highest BCUT2D eigenvalue weighted by atomic mass is 32.1. The number of ether oxygens (including phenoxy) is 1. The van der Waals surface area contributed by atoms with Crippen LogP contribution in [-0.4, -0.2) is 15.9 Å². The zero-order valence-electron chi connectivity index (χ0n) is 15.4. The Morgan fingerprint density at radius 2 is 1.96 bits per heavy atom. The second-order valence-electron chi connectivity index (χ2n) is 6.42. The summed E-state index contributed by atoms with van der Waals surface area (Å²) in [6.07, 6.45) is 1.54. The Labute approximate surface area is 166 Å². The van der Waals surface area contributed by atoms with E-state index in [-0.39, 0.29) is 11.9 Å². The van der Waals surface area contributed by atoms with Gasteiger partial charge in [-0.05, 0) is 55.3 Å². The van der Waals surface area contributed by atoms with Gasteiger partial charge in [0.15, 0.2) is 0 Å². The molecule has 140 valence electrons. The first kappa shape index (κ1) is 17.9. The SMILES string of the molecule is Cc1ccc(NC(=O)c2csc3cc(Oc4ccnc(N)n4)ccc23)cc1C. The molecule has 4 aromatic rings. The number of carbonyl (C=O) groups excluding carboxylic acids is 1. The molecule has 0 aliphatic rings. The van der Waals surface area contributed by atoms with Gasteiger partial charge in [0.1, 0.15) is 5.75 Å². The first-order valence-corrected chi connectivity index (χ1v) is 9.54. The maximum Gasteiger partial charge on any atom is 0.257 e. The molecule has 0 atom stereocenters. The number of nitrogen functional groups attached to an aromatic ring is 1. The molecular weight excluding hydrogens is 372 g/mol. The van der Waals surface area contributed by atoms with Gasteiger partial charge in [0.2, 0.25) is 11.8 Å². The van der Waals surface area contributed by atoms with Crippen LogP contribution in [-0.2, 0) is 0 Å². The number of thiophene rings is 1. The number of amides is 1. The fourth-order valence-electron chi connectivity index (χ4n) is 2.80. The Balaban J connectivity index is 1.57. The van der Waals surface area contributed by atoms with Gasteiger partial charge in [-0.15, -0.1) is 11.3 Å². The molecule has 28 heavy (non-hydrogen) atoms. The van der Waals surface area contributed by atoms with Crippen molar-refractivity contribution in [1.29, 1.82) is 0 Å². The van der Waals surface area contributed by atoms with E-state index in [0.29, 0.717) is 17.2 Å². The van der Waals surface area contributed by atoms with E-state index in [9.17, 15) is 4.79 Å². The van der Waals surface area contributed by atoms with Crippen LogP contribution in [0.4, 0.5) is 11.6 Å². The second kappa shape index (κ2) is 7.28. The number of nitrogens with zero attached hydrogens (tertiary/aromatic N) is 2. The standard InChI is InChI=1S/C21H18N4O2S/c1-12-3-4-14(9-13(12)2)24-20(26)17-11-28-18-10-15(5-6-16(17)18)27-19-7-8-23-21(22)25-19/h3-11H,1-2H3,(H,24,26)(H2,22,23,25). The number of carbonyl (C=O) groups is 1. The van der Waals surface area contributed by atoms with Crippen molar-refractivity contribution in [3.8, 4) is 11.6 Å². The van der Waals surface area contributed by atoms with Gasteiger partial charge in [0.25, 0.3) is 5.91 Å². The molecule has 6 nitrogen and oxygen atoms in total. The third kappa shape index (κ3) is 3.65. The van der Waals surface area contributed by atoms with Gasteiger partial charge >= 0.3 is 0 Å². The number of fused-ring (bicyclic) bond motifs is 1. The van der Waals surface area contributed by atoms with Crippen molar-refractivity contribution in [2.24, 2.45) is 0 Å². The smallest absolute Gasteiger partial charge is 0.257 e. The van der Waals surface area contributed by atoms with Gasteiger partial charge in [-0.3, -0.25) is 4.79 Å². The van der Waals surface area contributed by atoms with Crippen molar-refractivity contribution in [2.75, 3.05) is 11.1 Å². The van der Waals surface area contributed by atoms with Crippen LogP contribution < -0.4 is 15.8 Å². The number of hydrogen-bond acceptors (Lipinski definition) is 6. The molecular formula is C21H18N4O2S. The van der Waals surface area contributed by atoms with Crippen molar-refractivity contribution < 1.29 is 9.53 Å². The van der Waals surface area contributed by atoms with E-state index in [1.807, 2.05) is 49.6 Å². The van der Waals surface area contributed by atoms with Crippen molar-refractivity contribution in [3.05, 3.63) is 70.7 Å². The minimum absolute atomic E-state index is 0.133. The Bertz CT molecular complexity index is 1190. The molecule has 0 saturated carbocycles. The molecule has 0 radical (unpaired) electrons. The highest BCUT2D eigenvalue weighted by Crippen LogP contribution is 2.31. The lowest BCUT2D eigenvalue weighted by molar-refractivity contribution is 0.102. The maximum atomic E-state index is 12.7. The molecule has 4 rings (SSSR count). The lowest BCUT2D eigenvalue weighted by atomic mass is 10.1. The molecule has 0 aliphatic heterocycles. The zero-order valence-corrected chi connectivity index (χ0v) is 16.2. The normalized spacial score (nSPS) is 10.8. The van der Waals surface area contributed by atoms with Crippen molar-refractivity contribution in [3.63, 3.8) is 0 Å². The molecule has 0 saturated heterocycles. The Kier molecular flexibility index (Phi) is 4.67. The number of anilines is 2. The third-order valence-electron chi connectivity index (χ3n) is 4.43. The number of rotatable bonds is 4. The molecule has 1 amide bonds. The molecule has 3 N–H and O–H groups in total. The van der Waals surface area contributed by atoms with E-state index < -0.39 is 0 Å². The number of benzene rings is 2. The van der Waals surface area contributed by atoms with Crippen LogP contribution in [0.5, 0.6) is 11.6 Å². The summed E-state index contributed by atoms with van der Waals surface area (Å²) in [6, 6.07) is 13.1. The Morgan fingerprint density at radius 1 is 1.11 bits per heavy atom. The summed E-state index contributed by atoms with van der Waals surface area (Å²) >= 11 is 1.49. The maximum absolute atomic E-state index is 12.7. The predicted octanol–water partition coefficient (Wildman–Crippen LogP) is 4.93. The van der Waals surface area contributed by atoms with E-state index in [4.69, 9.17) is 10.5 Å². The zero-order chi connectivity index (χ0) is 19.7. The number of hydrogen-bond donors (Lipinski definition) is 2. The number of aromatic nitrogens is 2.